The monoisotopic (exact) mass is 410 g/mol. The predicted octanol–water partition coefficient (Wildman–Crippen LogP) is 2.95. The summed E-state index contributed by atoms with van der Waals surface area (Å²) in [6.07, 6.45) is -3.64. The van der Waals surface area contributed by atoms with E-state index in [2.05, 4.69) is 22.9 Å². The average molecular weight is 411 g/mol. The van der Waals surface area contributed by atoms with E-state index in [0.717, 1.165) is 25.1 Å². The molecule has 1 aromatic rings. The van der Waals surface area contributed by atoms with Gasteiger partial charge in [0.05, 0.1) is 10.5 Å². The Morgan fingerprint density at radius 1 is 1.41 bits per heavy atom. The zero-order valence-corrected chi connectivity index (χ0v) is 15.5. The van der Waals surface area contributed by atoms with Gasteiger partial charge in [-0.15, -0.1) is 12.4 Å². The van der Waals surface area contributed by atoms with Gasteiger partial charge < -0.3 is 16.0 Å². The molecular formula is C16H22ClF3N4O3. The third-order valence-corrected chi connectivity index (χ3v) is 4.36. The van der Waals surface area contributed by atoms with Gasteiger partial charge in [-0.05, 0) is 31.0 Å². The summed E-state index contributed by atoms with van der Waals surface area (Å²) < 4.78 is 38.0. The number of carbonyl (C=O) groups is 1. The van der Waals surface area contributed by atoms with Crippen LogP contribution in [-0.2, 0) is 11.0 Å². The van der Waals surface area contributed by atoms with E-state index in [-0.39, 0.29) is 43.0 Å². The summed E-state index contributed by atoms with van der Waals surface area (Å²) in [6.45, 7) is 3.72. The van der Waals surface area contributed by atoms with Gasteiger partial charge in [-0.25, -0.2) is 0 Å². The number of nitrogens with one attached hydrogen (secondary N) is 3. The van der Waals surface area contributed by atoms with E-state index in [1.165, 1.54) is 0 Å². The van der Waals surface area contributed by atoms with Crippen LogP contribution in [0.5, 0.6) is 0 Å². The molecule has 0 saturated carbocycles. The summed E-state index contributed by atoms with van der Waals surface area (Å²) in [7, 11) is 0. The fraction of sp³-hybridized carbons (Fsp3) is 0.562. The minimum absolute atomic E-state index is 0. The topological polar surface area (TPSA) is 96.3 Å². The third kappa shape index (κ3) is 6.55. The molecule has 1 saturated heterocycles. The molecule has 0 spiro atoms. The highest BCUT2D eigenvalue weighted by atomic mass is 35.5. The number of benzene rings is 1. The molecule has 2 unspecified atom stereocenters. The maximum absolute atomic E-state index is 12.7. The number of alkyl halides is 3. The first-order chi connectivity index (χ1) is 12.2. The van der Waals surface area contributed by atoms with E-state index in [4.69, 9.17) is 0 Å². The fourth-order valence-electron chi connectivity index (χ4n) is 2.78. The minimum atomic E-state index is -4.66. The average Bonchev–Trinajstić information content (AvgIpc) is 2.56. The number of amides is 1. The van der Waals surface area contributed by atoms with E-state index in [0.29, 0.717) is 18.5 Å². The first-order valence-corrected chi connectivity index (χ1v) is 8.28. The minimum Gasteiger partial charge on any atom is -0.379 e. The van der Waals surface area contributed by atoms with Gasteiger partial charge in [0, 0.05) is 31.6 Å². The number of nitrogens with zero attached hydrogens (tertiary/aromatic N) is 1. The molecule has 1 fully saturated rings. The van der Waals surface area contributed by atoms with Crippen LogP contribution in [0.25, 0.3) is 0 Å². The van der Waals surface area contributed by atoms with Gasteiger partial charge in [0.1, 0.15) is 5.69 Å². The number of halogens is 4. The van der Waals surface area contributed by atoms with Crippen molar-refractivity contribution in [2.75, 3.05) is 25.0 Å². The molecule has 0 radical (unpaired) electrons. The normalized spacial score (nSPS) is 19.7. The number of hydrogen-bond donors (Lipinski definition) is 3. The molecule has 0 bridgehead atoms. The van der Waals surface area contributed by atoms with Crippen molar-refractivity contribution in [2.24, 2.45) is 5.92 Å². The molecule has 11 heteroatoms. The first kappa shape index (κ1) is 23.0. The standard InChI is InChI=1S/C16H21F3N4O3.ClH/c1-10-4-6-20-9-13(10)22-15(24)5-7-21-12-3-2-11(16(17,18)19)8-14(12)23(25)26;/h2-3,8,10,13,20-21H,4-7,9H2,1H3,(H,22,24);1H. The van der Waals surface area contributed by atoms with Crippen molar-refractivity contribution in [1.29, 1.82) is 0 Å². The molecule has 1 heterocycles. The quantitative estimate of drug-likeness (QED) is 0.495. The molecule has 1 aliphatic rings. The summed E-state index contributed by atoms with van der Waals surface area (Å²) in [5, 5.41) is 19.8. The van der Waals surface area contributed by atoms with Crippen molar-refractivity contribution in [2.45, 2.75) is 32.0 Å². The summed E-state index contributed by atoms with van der Waals surface area (Å²) in [4.78, 5) is 22.1. The maximum Gasteiger partial charge on any atom is 0.416 e. The number of piperidine rings is 1. The molecular weight excluding hydrogens is 389 g/mol. The number of nitro benzene ring substituents is 1. The molecule has 1 aliphatic heterocycles. The Kier molecular flexibility index (Phi) is 8.29. The van der Waals surface area contributed by atoms with Gasteiger partial charge in [-0.2, -0.15) is 13.2 Å². The van der Waals surface area contributed by atoms with Crippen LogP contribution in [0.15, 0.2) is 18.2 Å². The van der Waals surface area contributed by atoms with Crippen LogP contribution in [0, 0.1) is 16.0 Å². The molecule has 0 aliphatic carbocycles. The van der Waals surface area contributed by atoms with Crippen molar-refractivity contribution < 1.29 is 22.9 Å². The smallest absolute Gasteiger partial charge is 0.379 e. The van der Waals surface area contributed by atoms with Gasteiger partial charge in [0.2, 0.25) is 5.91 Å². The highest BCUT2D eigenvalue weighted by Crippen LogP contribution is 2.34. The third-order valence-electron chi connectivity index (χ3n) is 4.36. The van der Waals surface area contributed by atoms with Gasteiger partial charge >= 0.3 is 6.18 Å². The van der Waals surface area contributed by atoms with Crippen molar-refractivity contribution in [3.8, 4) is 0 Å². The molecule has 27 heavy (non-hydrogen) atoms. The molecule has 1 aromatic carbocycles. The summed E-state index contributed by atoms with van der Waals surface area (Å²) >= 11 is 0. The van der Waals surface area contributed by atoms with E-state index < -0.39 is 22.4 Å². The van der Waals surface area contributed by atoms with Crippen molar-refractivity contribution in [3.05, 3.63) is 33.9 Å². The van der Waals surface area contributed by atoms with Crippen molar-refractivity contribution in [1.82, 2.24) is 10.6 Å². The van der Waals surface area contributed by atoms with Crippen molar-refractivity contribution >= 4 is 29.7 Å². The largest absolute Gasteiger partial charge is 0.416 e. The molecule has 2 atom stereocenters. The van der Waals surface area contributed by atoms with Crippen LogP contribution in [0.1, 0.15) is 25.3 Å². The summed E-state index contributed by atoms with van der Waals surface area (Å²) in [6, 6.07) is 2.28. The fourth-order valence-corrected chi connectivity index (χ4v) is 2.78. The van der Waals surface area contributed by atoms with Gasteiger partial charge in [-0.1, -0.05) is 6.92 Å². The van der Waals surface area contributed by atoms with E-state index in [1.54, 1.807) is 0 Å². The Balaban J connectivity index is 0.00000364. The molecule has 2 rings (SSSR count). The van der Waals surface area contributed by atoms with Crippen LogP contribution in [0.3, 0.4) is 0 Å². The van der Waals surface area contributed by atoms with Gasteiger partial charge in [0.25, 0.3) is 5.69 Å². The number of anilines is 1. The van der Waals surface area contributed by atoms with E-state index in [9.17, 15) is 28.1 Å². The second-order valence-electron chi connectivity index (χ2n) is 6.31. The second-order valence-corrected chi connectivity index (χ2v) is 6.31. The van der Waals surface area contributed by atoms with Crippen molar-refractivity contribution in [3.63, 3.8) is 0 Å². The zero-order valence-electron chi connectivity index (χ0n) is 14.6. The lowest BCUT2D eigenvalue weighted by atomic mass is 9.95. The van der Waals surface area contributed by atoms with Crippen LogP contribution in [0.4, 0.5) is 24.5 Å². The van der Waals surface area contributed by atoms with Gasteiger partial charge in [-0.3, -0.25) is 14.9 Å². The lowest BCUT2D eigenvalue weighted by molar-refractivity contribution is -0.384. The van der Waals surface area contributed by atoms with E-state index >= 15 is 0 Å². The number of hydrogen-bond acceptors (Lipinski definition) is 5. The molecule has 0 aromatic heterocycles. The Morgan fingerprint density at radius 2 is 2.11 bits per heavy atom. The lowest BCUT2D eigenvalue weighted by Gasteiger charge is -2.30. The summed E-state index contributed by atoms with van der Waals surface area (Å²) in [5.41, 5.74) is -1.82. The number of rotatable bonds is 6. The zero-order chi connectivity index (χ0) is 19.3. The second kappa shape index (κ2) is 9.75. The molecule has 7 nitrogen and oxygen atoms in total. The molecule has 152 valence electrons. The maximum atomic E-state index is 12.7. The Morgan fingerprint density at radius 3 is 2.70 bits per heavy atom. The Bertz CT molecular complexity index is 673. The van der Waals surface area contributed by atoms with Gasteiger partial charge in [0.15, 0.2) is 0 Å². The van der Waals surface area contributed by atoms with Crippen LogP contribution < -0.4 is 16.0 Å². The van der Waals surface area contributed by atoms with Crippen LogP contribution in [0.2, 0.25) is 0 Å². The number of carbonyl (C=O) groups excluding carboxylic acids is 1. The summed E-state index contributed by atoms with van der Waals surface area (Å²) in [5.74, 6) is 0.136. The van der Waals surface area contributed by atoms with Crippen LogP contribution in [-0.4, -0.2) is 36.5 Å². The highest BCUT2D eigenvalue weighted by molar-refractivity contribution is 5.85. The Hall–Kier alpha value is -2.07. The molecule has 1 amide bonds. The van der Waals surface area contributed by atoms with Crippen LogP contribution >= 0.6 is 12.4 Å². The first-order valence-electron chi connectivity index (χ1n) is 8.28. The Labute approximate surface area is 160 Å². The number of nitro groups is 1. The molecule has 3 N–H and O–H groups in total. The highest BCUT2D eigenvalue weighted by Gasteiger charge is 2.33. The lowest BCUT2D eigenvalue weighted by Crippen LogP contribution is -2.50. The SMILES string of the molecule is CC1CCNCC1NC(=O)CCNc1ccc(C(F)(F)F)cc1[N+](=O)[O-].Cl. The predicted molar refractivity (Wildman–Crippen MR) is 97.0 cm³/mol. The van der Waals surface area contributed by atoms with E-state index in [1.807, 2.05) is 0 Å².